The van der Waals surface area contributed by atoms with Gasteiger partial charge in [0.05, 0.1) is 5.69 Å². The van der Waals surface area contributed by atoms with Gasteiger partial charge in [0.25, 0.3) is 5.91 Å². The van der Waals surface area contributed by atoms with Gasteiger partial charge in [0, 0.05) is 17.8 Å². The molecule has 2 aromatic rings. The highest BCUT2D eigenvalue weighted by Gasteiger charge is 2.21. The van der Waals surface area contributed by atoms with E-state index in [1.54, 1.807) is 24.4 Å². The summed E-state index contributed by atoms with van der Waals surface area (Å²) in [6.45, 7) is 0. The quantitative estimate of drug-likeness (QED) is 0.676. The molecule has 2 N–H and O–H groups in total. The van der Waals surface area contributed by atoms with Crippen LogP contribution in [-0.4, -0.2) is 16.9 Å². The fourth-order valence-corrected chi connectivity index (χ4v) is 1.71. The van der Waals surface area contributed by atoms with E-state index in [0.29, 0.717) is 11.3 Å². The molecule has 1 atom stereocenters. The molecule has 1 amide bonds. The van der Waals surface area contributed by atoms with E-state index in [2.05, 4.69) is 4.98 Å². The van der Waals surface area contributed by atoms with Crippen molar-refractivity contribution in [2.24, 2.45) is 5.73 Å². The minimum atomic E-state index is -1.28. The Kier molecular flexibility index (Phi) is 4.98. The molecule has 0 bridgehead atoms. The number of halogens is 1. The minimum Gasteiger partial charge on any atom is -0.444 e. The third-order valence-corrected chi connectivity index (χ3v) is 2.74. The van der Waals surface area contributed by atoms with Crippen molar-refractivity contribution >= 4 is 18.0 Å². The van der Waals surface area contributed by atoms with Gasteiger partial charge in [-0.1, -0.05) is 18.2 Å². The monoisotopic (exact) mass is 300 g/mol. The maximum atomic E-state index is 12.9. The van der Waals surface area contributed by atoms with E-state index in [4.69, 9.17) is 10.5 Å². The van der Waals surface area contributed by atoms with Crippen molar-refractivity contribution in [3.05, 3.63) is 71.8 Å². The number of esters is 1. The van der Waals surface area contributed by atoms with Crippen LogP contribution in [0.4, 0.5) is 4.39 Å². The SMILES string of the molecule is NC(=O)C(OC(=O)/C=C/c1ccccn1)c1ccc(F)cc1. The van der Waals surface area contributed by atoms with Gasteiger partial charge >= 0.3 is 5.97 Å². The van der Waals surface area contributed by atoms with E-state index in [-0.39, 0.29) is 0 Å². The lowest BCUT2D eigenvalue weighted by atomic mass is 10.1. The summed E-state index contributed by atoms with van der Waals surface area (Å²) in [5, 5.41) is 0. The average molecular weight is 300 g/mol. The number of nitrogens with zero attached hydrogens (tertiary/aromatic N) is 1. The molecule has 1 unspecified atom stereocenters. The van der Waals surface area contributed by atoms with Gasteiger partial charge < -0.3 is 10.5 Å². The first kappa shape index (κ1) is 15.4. The van der Waals surface area contributed by atoms with Crippen LogP contribution in [-0.2, 0) is 14.3 Å². The standard InChI is InChI=1S/C16H13FN2O3/c17-12-6-4-11(5-7-12)15(16(18)21)22-14(20)9-8-13-3-1-2-10-19-13/h1-10,15H,(H2,18,21)/b9-8+. The molecule has 0 saturated carbocycles. The second-order valence-corrected chi connectivity index (χ2v) is 4.36. The number of ether oxygens (including phenoxy) is 1. The summed E-state index contributed by atoms with van der Waals surface area (Å²) >= 11 is 0. The summed E-state index contributed by atoms with van der Waals surface area (Å²) in [6.07, 6.45) is 2.89. The molecule has 22 heavy (non-hydrogen) atoms. The van der Waals surface area contributed by atoms with Crippen molar-refractivity contribution in [3.63, 3.8) is 0 Å². The molecule has 0 aliphatic heterocycles. The smallest absolute Gasteiger partial charge is 0.331 e. The minimum absolute atomic E-state index is 0.300. The molecule has 0 spiro atoms. The molecule has 6 heteroatoms. The first-order valence-corrected chi connectivity index (χ1v) is 6.41. The summed E-state index contributed by atoms with van der Waals surface area (Å²) in [5.74, 6) is -2.06. The summed E-state index contributed by atoms with van der Waals surface area (Å²) in [7, 11) is 0. The highest BCUT2D eigenvalue weighted by molar-refractivity contribution is 5.90. The second-order valence-electron chi connectivity index (χ2n) is 4.36. The van der Waals surface area contributed by atoms with E-state index in [1.165, 1.54) is 18.2 Å². The topological polar surface area (TPSA) is 82.3 Å². The van der Waals surface area contributed by atoms with Crippen LogP contribution in [0.3, 0.4) is 0 Å². The van der Waals surface area contributed by atoms with Crippen molar-refractivity contribution in [1.29, 1.82) is 0 Å². The van der Waals surface area contributed by atoms with Crippen LogP contribution in [0, 0.1) is 5.82 Å². The number of primary amides is 1. The van der Waals surface area contributed by atoms with E-state index in [1.807, 2.05) is 0 Å². The number of benzene rings is 1. The van der Waals surface area contributed by atoms with Crippen molar-refractivity contribution in [2.75, 3.05) is 0 Å². The number of carbonyl (C=O) groups excluding carboxylic acids is 2. The number of rotatable bonds is 5. The lowest BCUT2D eigenvalue weighted by molar-refractivity contribution is -0.150. The van der Waals surface area contributed by atoms with Gasteiger partial charge in [0.1, 0.15) is 5.82 Å². The van der Waals surface area contributed by atoms with E-state index in [0.717, 1.165) is 18.2 Å². The molecule has 1 aromatic heterocycles. The lowest BCUT2D eigenvalue weighted by Crippen LogP contribution is -2.25. The maximum absolute atomic E-state index is 12.9. The summed E-state index contributed by atoms with van der Waals surface area (Å²) in [6, 6.07) is 10.2. The summed E-state index contributed by atoms with van der Waals surface area (Å²) in [4.78, 5) is 27.2. The number of pyridine rings is 1. The largest absolute Gasteiger partial charge is 0.444 e. The van der Waals surface area contributed by atoms with Gasteiger partial charge in [-0.25, -0.2) is 9.18 Å². The molecule has 2 rings (SSSR count). The zero-order valence-electron chi connectivity index (χ0n) is 11.5. The summed E-state index contributed by atoms with van der Waals surface area (Å²) < 4.78 is 17.9. The van der Waals surface area contributed by atoms with Crippen LogP contribution >= 0.6 is 0 Å². The van der Waals surface area contributed by atoms with Crippen LogP contribution in [0.25, 0.3) is 6.08 Å². The molecule has 5 nitrogen and oxygen atoms in total. The Hall–Kier alpha value is -3.02. The molecule has 0 aliphatic rings. The Labute approximate surface area is 126 Å². The van der Waals surface area contributed by atoms with Gasteiger partial charge in [0.15, 0.2) is 0 Å². The van der Waals surface area contributed by atoms with Crippen LogP contribution in [0.15, 0.2) is 54.7 Å². The van der Waals surface area contributed by atoms with E-state index in [9.17, 15) is 14.0 Å². The Balaban J connectivity index is 2.08. The number of carbonyl (C=O) groups is 2. The maximum Gasteiger partial charge on any atom is 0.331 e. The number of aromatic nitrogens is 1. The molecular formula is C16H13FN2O3. The molecule has 1 heterocycles. The van der Waals surface area contributed by atoms with Gasteiger partial charge in [-0.05, 0) is 30.3 Å². The van der Waals surface area contributed by atoms with Gasteiger partial charge in [-0.3, -0.25) is 9.78 Å². The fraction of sp³-hybridized carbons (Fsp3) is 0.0625. The Bertz CT molecular complexity index is 684. The third kappa shape index (κ3) is 4.24. The summed E-state index contributed by atoms with van der Waals surface area (Å²) in [5.41, 5.74) is 6.08. The van der Waals surface area contributed by atoms with Crippen LogP contribution < -0.4 is 5.73 Å². The highest BCUT2D eigenvalue weighted by atomic mass is 19.1. The molecule has 112 valence electrons. The van der Waals surface area contributed by atoms with Gasteiger partial charge in [0.2, 0.25) is 6.10 Å². The first-order chi connectivity index (χ1) is 10.6. The number of hydrogen-bond donors (Lipinski definition) is 1. The van der Waals surface area contributed by atoms with Crippen LogP contribution in [0.2, 0.25) is 0 Å². The molecule has 0 saturated heterocycles. The molecule has 0 fully saturated rings. The molecule has 1 aromatic carbocycles. The zero-order chi connectivity index (χ0) is 15.9. The number of hydrogen-bond acceptors (Lipinski definition) is 4. The Morgan fingerprint density at radius 1 is 1.18 bits per heavy atom. The predicted molar refractivity (Wildman–Crippen MR) is 77.7 cm³/mol. The zero-order valence-corrected chi connectivity index (χ0v) is 11.5. The van der Waals surface area contributed by atoms with E-state index < -0.39 is 23.8 Å². The normalized spacial score (nSPS) is 12.0. The van der Waals surface area contributed by atoms with Gasteiger partial charge in [-0.15, -0.1) is 0 Å². The average Bonchev–Trinajstić information content (AvgIpc) is 2.52. The van der Waals surface area contributed by atoms with Crippen molar-refractivity contribution in [3.8, 4) is 0 Å². The molecular weight excluding hydrogens is 287 g/mol. The van der Waals surface area contributed by atoms with E-state index >= 15 is 0 Å². The predicted octanol–water partition coefficient (Wildman–Crippen LogP) is 2.00. The first-order valence-electron chi connectivity index (χ1n) is 6.41. The Morgan fingerprint density at radius 3 is 2.50 bits per heavy atom. The van der Waals surface area contributed by atoms with Gasteiger partial charge in [-0.2, -0.15) is 0 Å². The fourth-order valence-electron chi connectivity index (χ4n) is 1.71. The van der Waals surface area contributed by atoms with Crippen LogP contribution in [0.1, 0.15) is 17.4 Å². The Morgan fingerprint density at radius 2 is 1.91 bits per heavy atom. The van der Waals surface area contributed by atoms with Crippen molar-refractivity contribution in [1.82, 2.24) is 4.98 Å². The second kappa shape index (κ2) is 7.12. The number of amides is 1. The highest BCUT2D eigenvalue weighted by Crippen LogP contribution is 2.18. The molecule has 0 radical (unpaired) electrons. The number of nitrogens with two attached hydrogens (primary N) is 1. The third-order valence-electron chi connectivity index (χ3n) is 2.74. The molecule has 0 aliphatic carbocycles. The lowest BCUT2D eigenvalue weighted by Gasteiger charge is -2.13. The van der Waals surface area contributed by atoms with Crippen molar-refractivity contribution in [2.45, 2.75) is 6.10 Å². The van der Waals surface area contributed by atoms with Crippen LogP contribution in [0.5, 0.6) is 0 Å². The van der Waals surface area contributed by atoms with Crippen molar-refractivity contribution < 1.29 is 18.7 Å².